The lowest BCUT2D eigenvalue weighted by Crippen LogP contribution is -2.27. The Morgan fingerprint density at radius 2 is 2.00 bits per heavy atom. The summed E-state index contributed by atoms with van der Waals surface area (Å²) in [7, 11) is 0. The molecule has 0 amide bonds. The SMILES string of the molecule is CC(Nc1ccn2ncc(-c3cnn(C4CCCCC4O)c3)c2n1)c1cc(F)ccc1OCC(F)F. The molecule has 0 aliphatic heterocycles. The maximum atomic E-state index is 13.9. The number of ether oxygens (including phenoxy) is 1. The Balaban J connectivity index is 1.39. The Hall–Kier alpha value is -3.60. The second-order valence-corrected chi connectivity index (χ2v) is 9.02. The maximum Gasteiger partial charge on any atom is 0.272 e. The van der Waals surface area contributed by atoms with E-state index in [1.54, 1.807) is 36.1 Å². The molecule has 0 spiro atoms. The minimum absolute atomic E-state index is 0.0480. The average molecular weight is 501 g/mol. The highest BCUT2D eigenvalue weighted by Crippen LogP contribution is 2.32. The van der Waals surface area contributed by atoms with Crippen molar-refractivity contribution in [2.45, 2.75) is 57.2 Å². The Bertz CT molecular complexity index is 1340. The van der Waals surface area contributed by atoms with Crippen LogP contribution in [0.3, 0.4) is 0 Å². The average Bonchev–Trinajstić information content (AvgIpc) is 3.50. The molecule has 3 unspecified atom stereocenters. The molecule has 3 atom stereocenters. The van der Waals surface area contributed by atoms with E-state index in [9.17, 15) is 18.3 Å². The fourth-order valence-electron chi connectivity index (χ4n) is 4.65. The topological polar surface area (TPSA) is 89.5 Å². The molecule has 3 heterocycles. The largest absolute Gasteiger partial charge is 0.487 e. The number of aliphatic hydroxyl groups excluding tert-OH is 1. The molecule has 190 valence electrons. The van der Waals surface area contributed by atoms with Crippen molar-refractivity contribution in [1.29, 1.82) is 0 Å². The van der Waals surface area contributed by atoms with E-state index in [4.69, 9.17) is 4.74 Å². The fourth-order valence-corrected chi connectivity index (χ4v) is 4.65. The highest BCUT2D eigenvalue weighted by molar-refractivity contribution is 5.76. The quantitative estimate of drug-likeness (QED) is 0.353. The molecule has 2 N–H and O–H groups in total. The lowest BCUT2D eigenvalue weighted by Gasteiger charge is -2.27. The number of rotatable bonds is 8. The van der Waals surface area contributed by atoms with Crippen molar-refractivity contribution < 1.29 is 23.0 Å². The van der Waals surface area contributed by atoms with Gasteiger partial charge in [-0.05, 0) is 44.0 Å². The Kier molecular flexibility index (Phi) is 6.82. The number of aromatic nitrogens is 5. The first-order valence-corrected chi connectivity index (χ1v) is 11.9. The number of hydrogen-bond donors (Lipinski definition) is 2. The molecule has 1 aromatic carbocycles. The molecule has 5 rings (SSSR count). The van der Waals surface area contributed by atoms with Crippen LogP contribution in [-0.4, -0.2) is 48.6 Å². The van der Waals surface area contributed by atoms with Gasteiger partial charge in [-0.3, -0.25) is 4.68 Å². The second kappa shape index (κ2) is 10.2. The van der Waals surface area contributed by atoms with E-state index in [1.807, 2.05) is 10.9 Å². The standard InChI is InChI=1S/C25H27F3N6O2/c1-15(18-10-17(26)6-7-22(18)36-14-23(27)28)31-24-8-9-33-25(32-24)19(12-30-33)16-11-29-34(13-16)20-4-2-3-5-21(20)35/h6-13,15,20-21,23,35H,2-5,14H2,1H3,(H,31,32). The van der Waals surface area contributed by atoms with Gasteiger partial charge in [-0.1, -0.05) is 12.8 Å². The Morgan fingerprint density at radius 3 is 2.81 bits per heavy atom. The number of aliphatic hydroxyl groups is 1. The van der Waals surface area contributed by atoms with Gasteiger partial charge in [-0.2, -0.15) is 10.2 Å². The first-order chi connectivity index (χ1) is 17.4. The van der Waals surface area contributed by atoms with Gasteiger partial charge in [0.25, 0.3) is 6.43 Å². The van der Waals surface area contributed by atoms with Crippen molar-refractivity contribution in [3.05, 3.63) is 60.4 Å². The van der Waals surface area contributed by atoms with E-state index in [-0.39, 0.29) is 11.8 Å². The van der Waals surface area contributed by atoms with Gasteiger partial charge in [0, 0.05) is 29.1 Å². The number of nitrogens with zero attached hydrogens (tertiary/aromatic N) is 5. The molecule has 4 aromatic rings. The molecular weight excluding hydrogens is 473 g/mol. The summed E-state index contributed by atoms with van der Waals surface area (Å²) >= 11 is 0. The van der Waals surface area contributed by atoms with Crippen LogP contribution in [0.5, 0.6) is 5.75 Å². The lowest BCUT2D eigenvalue weighted by molar-refractivity contribution is 0.0695. The van der Waals surface area contributed by atoms with E-state index >= 15 is 0 Å². The minimum atomic E-state index is -2.64. The van der Waals surface area contributed by atoms with Gasteiger partial charge in [0.05, 0.1) is 30.6 Å². The normalized spacial score (nSPS) is 19.1. The zero-order valence-corrected chi connectivity index (χ0v) is 19.7. The number of fused-ring (bicyclic) bond motifs is 1. The van der Waals surface area contributed by atoms with Crippen LogP contribution in [0.25, 0.3) is 16.8 Å². The summed E-state index contributed by atoms with van der Waals surface area (Å²) in [6.45, 7) is 0.993. The van der Waals surface area contributed by atoms with E-state index < -0.39 is 31.0 Å². The summed E-state index contributed by atoms with van der Waals surface area (Å²) in [5, 5.41) is 22.4. The predicted molar refractivity (Wildman–Crippen MR) is 128 cm³/mol. The van der Waals surface area contributed by atoms with Crippen molar-refractivity contribution >= 4 is 11.5 Å². The number of anilines is 1. The second-order valence-electron chi connectivity index (χ2n) is 9.02. The molecule has 1 aliphatic carbocycles. The van der Waals surface area contributed by atoms with Crippen LogP contribution in [0.1, 0.15) is 50.3 Å². The van der Waals surface area contributed by atoms with Crippen molar-refractivity contribution in [1.82, 2.24) is 24.4 Å². The zero-order valence-electron chi connectivity index (χ0n) is 19.7. The van der Waals surface area contributed by atoms with Crippen molar-refractivity contribution in [2.75, 3.05) is 11.9 Å². The highest BCUT2D eigenvalue weighted by atomic mass is 19.3. The molecular formula is C25H27F3N6O2. The zero-order chi connectivity index (χ0) is 25.2. The summed E-state index contributed by atoms with van der Waals surface area (Å²) in [6.07, 6.45) is 7.77. The van der Waals surface area contributed by atoms with Gasteiger partial charge >= 0.3 is 0 Å². The van der Waals surface area contributed by atoms with E-state index in [2.05, 4.69) is 20.5 Å². The first kappa shape index (κ1) is 24.1. The van der Waals surface area contributed by atoms with Gasteiger partial charge in [-0.25, -0.2) is 22.7 Å². The van der Waals surface area contributed by atoms with Gasteiger partial charge in [0.2, 0.25) is 0 Å². The molecule has 8 nitrogen and oxygen atoms in total. The summed E-state index contributed by atoms with van der Waals surface area (Å²) in [5.41, 5.74) is 2.59. The molecule has 3 aromatic heterocycles. The Labute approximate surface area is 205 Å². The molecule has 36 heavy (non-hydrogen) atoms. The summed E-state index contributed by atoms with van der Waals surface area (Å²) in [4.78, 5) is 4.69. The van der Waals surface area contributed by atoms with Gasteiger partial charge in [-0.15, -0.1) is 0 Å². The van der Waals surface area contributed by atoms with Crippen LogP contribution in [0.15, 0.2) is 49.1 Å². The fraction of sp³-hybridized carbons (Fsp3) is 0.400. The summed E-state index contributed by atoms with van der Waals surface area (Å²) < 4.78 is 47.9. The van der Waals surface area contributed by atoms with Crippen LogP contribution in [0, 0.1) is 5.82 Å². The molecule has 11 heteroatoms. The molecule has 0 saturated heterocycles. The number of benzene rings is 1. The number of halogens is 3. The van der Waals surface area contributed by atoms with Crippen LogP contribution in [-0.2, 0) is 0 Å². The van der Waals surface area contributed by atoms with Crippen LogP contribution in [0.2, 0.25) is 0 Å². The number of hydrogen-bond acceptors (Lipinski definition) is 6. The molecule has 1 fully saturated rings. The van der Waals surface area contributed by atoms with E-state index in [1.165, 1.54) is 18.2 Å². The smallest absolute Gasteiger partial charge is 0.272 e. The third-order valence-corrected chi connectivity index (χ3v) is 6.48. The summed E-state index contributed by atoms with van der Waals surface area (Å²) in [6, 6.07) is 4.97. The van der Waals surface area contributed by atoms with Gasteiger partial charge in [0.15, 0.2) is 5.65 Å². The molecule has 1 saturated carbocycles. The van der Waals surface area contributed by atoms with Crippen LogP contribution < -0.4 is 10.1 Å². The van der Waals surface area contributed by atoms with E-state index in [0.29, 0.717) is 17.0 Å². The molecule has 0 bridgehead atoms. The summed E-state index contributed by atoms with van der Waals surface area (Å²) in [5.74, 6) is 0.181. The van der Waals surface area contributed by atoms with Gasteiger partial charge in [0.1, 0.15) is 24.0 Å². The van der Waals surface area contributed by atoms with Crippen LogP contribution >= 0.6 is 0 Å². The first-order valence-electron chi connectivity index (χ1n) is 11.9. The minimum Gasteiger partial charge on any atom is -0.487 e. The van der Waals surface area contributed by atoms with E-state index in [0.717, 1.165) is 36.8 Å². The van der Waals surface area contributed by atoms with Gasteiger partial charge < -0.3 is 15.2 Å². The third kappa shape index (κ3) is 5.01. The third-order valence-electron chi connectivity index (χ3n) is 6.48. The maximum absolute atomic E-state index is 13.9. The van der Waals surface area contributed by atoms with Crippen molar-refractivity contribution in [3.8, 4) is 16.9 Å². The number of nitrogens with one attached hydrogen (secondary N) is 1. The molecule has 1 aliphatic rings. The highest BCUT2D eigenvalue weighted by Gasteiger charge is 2.26. The van der Waals surface area contributed by atoms with Crippen molar-refractivity contribution in [3.63, 3.8) is 0 Å². The molecule has 0 radical (unpaired) electrons. The predicted octanol–water partition coefficient (Wildman–Crippen LogP) is 5.02. The van der Waals surface area contributed by atoms with Crippen LogP contribution in [0.4, 0.5) is 19.0 Å². The number of alkyl halides is 2. The Morgan fingerprint density at radius 1 is 1.17 bits per heavy atom. The monoisotopic (exact) mass is 500 g/mol. The van der Waals surface area contributed by atoms with Crippen molar-refractivity contribution in [2.24, 2.45) is 0 Å². The lowest BCUT2D eigenvalue weighted by atomic mass is 9.93.